The van der Waals surface area contributed by atoms with E-state index < -0.39 is 0 Å². The van der Waals surface area contributed by atoms with Crippen molar-refractivity contribution in [2.24, 2.45) is 5.73 Å². The molecule has 2 bridgehead atoms. The standard InChI is InChI=1S/C16H28N4O2/c1-13(21)19-10-7-18(8-11-19)9-12-20-14-3-2-5-16(20,6-4-14)15(17)22/h14H,2-12H2,1H3,(H2,17,22)/t14-,16-/m1/s1. The van der Waals surface area contributed by atoms with Crippen LogP contribution in [0.1, 0.15) is 39.0 Å². The van der Waals surface area contributed by atoms with Crippen molar-refractivity contribution in [3.63, 3.8) is 0 Å². The number of hydrogen-bond donors (Lipinski definition) is 1. The third-order valence-electron chi connectivity index (χ3n) is 5.94. The van der Waals surface area contributed by atoms with E-state index in [0.29, 0.717) is 6.04 Å². The molecule has 2 atom stereocenters. The number of hydrogen-bond acceptors (Lipinski definition) is 4. The molecule has 6 heteroatoms. The Morgan fingerprint density at radius 3 is 2.45 bits per heavy atom. The van der Waals surface area contributed by atoms with Crippen LogP contribution in [0.3, 0.4) is 0 Å². The van der Waals surface area contributed by atoms with Gasteiger partial charge in [0.2, 0.25) is 11.8 Å². The van der Waals surface area contributed by atoms with Crippen molar-refractivity contribution >= 4 is 11.8 Å². The lowest BCUT2D eigenvalue weighted by molar-refractivity contribution is -0.133. The van der Waals surface area contributed by atoms with E-state index in [2.05, 4.69) is 9.80 Å². The Morgan fingerprint density at radius 2 is 1.82 bits per heavy atom. The van der Waals surface area contributed by atoms with Gasteiger partial charge in [-0.25, -0.2) is 0 Å². The van der Waals surface area contributed by atoms with Crippen LogP contribution in [0.25, 0.3) is 0 Å². The molecule has 0 aromatic heterocycles. The number of piperazine rings is 1. The van der Waals surface area contributed by atoms with Crippen molar-refractivity contribution in [1.82, 2.24) is 14.7 Å². The van der Waals surface area contributed by atoms with Crippen LogP contribution in [0.4, 0.5) is 0 Å². The third kappa shape index (κ3) is 2.74. The minimum absolute atomic E-state index is 0.129. The number of fused-ring (bicyclic) bond motifs is 2. The first-order chi connectivity index (χ1) is 10.5. The second-order valence-electron chi connectivity index (χ2n) is 7.02. The summed E-state index contributed by atoms with van der Waals surface area (Å²) in [7, 11) is 0. The van der Waals surface area contributed by atoms with Crippen LogP contribution < -0.4 is 5.73 Å². The summed E-state index contributed by atoms with van der Waals surface area (Å²) < 4.78 is 0. The predicted octanol–water partition coefficient (Wildman–Crippen LogP) is 0.0229. The molecule has 3 rings (SSSR count). The van der Waals surface area contributed by atoms with E-state index in [1.54, 1.807) is 6.92 Å². The van der Waals surface area contributed by atoms with Gasteiger partial charge in [0.15, 0.2) is 0 Å². The van der Waals surface area contributed by atoms with Gasteiger partial charge in [0.25, 0.3) is 0 Å². The van der Waals surface area contributed by atoms with Crippen LogP contribution in [-0.2, 0) is 9.59 Å². The zero-order chi connectivity index (χ0) is 15.7. The van der Waals surface area contributed by atoms with E-state index in [0.717, 1.165) is 65.0 Å². The maximum atomic E-state index is 12.0. The van der Waals surface area contributed by atoms with Gasteiger partial charge in [0, 0.05) is 52.2 Å². The second kappa shape index (κ2) is 6.16. The van der Waals surface area contributed by atoms with Gasteiger partial charge in [-0.2, -0.15) is 0 Å². The van der Waals surface area contributed by atoms with Crippen LogP contribution in [-0.4, -0.2) is 77.4 Å². The van der Waals surface area contributed by atoms with E-state index in [4.69, 9.17) is 5.73 Å². The molecule has 0 aromatic carbocycles. The Morgan fingerprint density at radius 1 is 1.09 bits per heavy atom. The second-order valence-corrected chi connectivity index (χ2v) is 7.02. The fourth-order valence-electron chi connectivity index (χ4n) is 4.57. The first kappa shape index (κ1) is 15.7. The normalized spacial score (nSPS) is 33.1. The SMILES string of the molecule is CC(=O)N1CCN(CCN2[C@@H]3CCC[C@]2(C(N)=O)CC3)CC1. The molecule has 0 spiro atoms. The highest BCUT2D eigenvalue weighted by atomic mass is 16.2. The summed E-state index contributed by atoms with van der Waals surface area (Å²) in [6.07, 6.45) is 5.30. The summed E-state index contributed by atoms with van der Waals surface area (Å²) >= 11 is 0. The molecule has 3 heterocycles. The van der Waals surface area contributed by atoms with Gasteiger partial charge >= 0.3 is 0 Å². The zero-order valence-electron chi connectivity index (χ0n) is 13.6. The molecule has 6 nitrogen and oxygen atoms in total. The lowest BCUT2D eigenvalue weighted by Crippen LogP contribution is -2.60. The average molecular weight is 308 g/mol. The monoisotopic (exact) mass is 308 g/mol. The Hall–Kier alpha value is -1.14. The highest BCUT2D eigenvalue weighted by Gasteiger charge is 2.52. The average Bonchev–Trinajstić information content (AvgIpc) is 2.71. The molecule has 0 aliphatic carbocycles. The van der Waals surface area contributed by atoms with E-state index >= 15 is 0 Å². The Kier molecular flexibility index (Phi) is 4.41. The summed E-state index contributed by atoms with van der Waals surface area (Å²) in [6, 6.07) is 0.541. The Bertz CT molecular complexity index is 443. The molecule has 3 fully saturated rings. The fraction of sp³-hybridized carbons (Fsp3) is 0.875. The fourth-order valence-corrected chi connectivity index (χ4v) is 4.57. The number of nitrogens with zero attached hydrogens (tertiary/aromatic N) is 3. The van der Waals surface area contributed by atoms with Gasteiger partial charge in [-0.1, -0.05) is 0 Å². The van der Waals surface area contributed by atoms with Crippen molar-refractivity contribution in [3.8, 4) is 0 Å². The molecule has 3 saturated heterocycles. The van der Waals surface area contributed by atoms with E-state index in [1.165, 1.54) is 6.42 Å². The van der Waals surface area contributed by atoms with Crippen LogP contribution in [0.15, 0.2) is 0 Å². The van der Waals surface area contributed by atoms with Gasteiger partial charge in [0.05, 0.1) is 0 Å². The lowest BCUT2D eigenvalue weighted by atomic mass is 9.87. The van der Waals surface area contributed by atoms with Crippen molar-refractivity contribution in [2.45, 2.75) is 50.6 Å². The summed E-state index contributed by atoms with van der Waals surface area (Å²) in [5, 5.41) is 0. The molecule has 0 unspecified atom stereocenters. The number of carbonyl (C=O) groups is 2. The maximum Gasteiger partial charge on any atom is 0.237 e. The molecule has 2 amide bonds. The number of rotatable bonds is 4. The number of primary amides is 1. The van der Waals surface area contributed by atoms with Gasteiger partial charge in [0.1, 0.15) is 5.54 Å². The predicted molar refractivity (Wildman–Crippen MR) is 84.2 cm³/mol. The first-order valence-electron chi connectivity index (χ1n) is 8.57. The molecule has 22 heavy (non-hydrogen) atoms. The first-order valence-corrected chi connectivity index (χ1v) is 8.57. The topological polar surface area (TPSA) is 69.9 Å². The summed E-state index contributed by atoms with van der Waals surface area (Å²) in [5.74, 6) is 0.0394. The quantitative estimate of drug-likeness (QED) is 0.795. The number of carbonyl (C=O) groups excluding carboxylic acids is 2. The molecular weight excluding hydrogens is 280 g/mol. The molecule has 0 radical (unpaired) electrons. The lowest BCUT2D eigenvalue weighted by Gasteiger charge is -2.44. The number of nitrogens with two attached hydrogens (primary N) is 1. The number of amides is 2. The Labute approximate surface area is 132 Å². The summed E-state index contributed by atoms with van der Waals surface area (Å²) in [4.78, 5) is 30.1. The smallest absolute Gasteiger partial charge is 0.237 e. The van der Waals surface area contributed by atoms with E-state index in [-0.39, 0.29) is 17.4 Å². The Balaban J connectivity index is 1.55. The molecular formula is C16H28N4O2. The van der Waals surface area contributed by atoms with Gasteiger partial charge in [-0.3, -0.25) is 19.4 Å². The molecule has 0 saturated carbocycles. The van der Waals surface area contributed by atoms with Gasteiger partial charge in [-0.15, -0.1) is 0 Å². The highest BCUT2D eigenvalue weighted by molar-refractivity contribution is 5.85. The van der Waals surface area contributed by atoms with E-state index in [1.807, 2.05) is 4.90 Å². The minimum Gasteiger partial charge on any atom is -0.368 e. The van der Waals surface area contributed by atoms with Crippen LogP contribution in [0.5, 0.6) is 0 Å². The van der Waals surface area contributed by atoms with Crippen molar-refractivity contribution < 1.29 is 9.59 Å². The van der Waals surface area contributed by atoms with Crippen LogP contribution in [0, 0.1) is 0 Å². The van der Waals surface area contributed by atoms with Crippen LogP contribution in [0.2, 0.25) is 0 Å². The highest BCUT2D eigenvalue weighted by Crippen LogP contribution is 2.43. The zero-order valence-corrected chi connectivity index (χ0v) is 13.6. The van der Waals surface area contributed by atoms with Crippen LogP contribution >= 0.6 is 0 Å². The van der Waals surface area contributed by atoms with E-state index in [9.17, 15) is 9.59 Å². The largest absolute Gasteiger partial charge is 0.368 e. The molecule has 0 aromatic rings. The van der Waals surface area contributed by atoms with Crippen molar-refractivity contribution in [1.29, 1.82) is 0 Å². The summed E-state index contributed by atoms with van der Waals surface area (Å²) in [6.45, 7) is 7.03. The number of piperidine rings is 1. The maximum absolute atomic E-state index is 12.0. The minimum atomic E-state index is -0.371. The third-order valence-corrected chi connectivity index (χ3v) is 5.94. The van der Waals surface area contributed by atoms with Crippen molar-refractivity contribution in [3.05, 3.63) is 0 Å². The van der Waals surface area contributed by atoms with Gasteiger partial charge < -0.3 is 10.6 Å². The summed E-state index contributed by atoms with van der Waals surface area (Å²) in [5.41, 5.74) is 5.38. The molecule has 2 N–H and O–H groups in total. The molecule has 124 valence electrons. The van der Waals surface area contributed by atoms with Crippen molar-refractivity contribution in [2.75, 3.05) is 39.3 Å². The molecule has 3 aliphatic heterocycles. The van der Waals surface area contributed by atoms with Gasteiger partial charge in [-0.05, 0) is 32.1 Å². The molecule has 3 aliphatic rings.